The number of ether oxygens (including phenoxy) is 1. The lowest BCUT2D eigenvalue weighted by Crippen LogP contribution is -2.48. The Hall–Kier alpha value is -1.30. The van der Waals surface area contributed by atoms with Gasteiger partial charge in [0.05, 0.1) is 0 Å². The zero-order chi connectivity index (χ0) is 15.7. The van der Waals surface area contributed by atoms with Crippen molar-refractivity contribution in [1.29, 1.82) is 0 Å². The van der Waals surface area contributed by atoms with Crippen molar-refractivity contribution in [2.24, 2.45) is 5.41 Å². The highest BCUT2D eigenvalue weighted by Crippen LogP contribution is 2.34. The van der Waals surface area contributed by atoms with Gasteiger partial charge in [-0.1, -0.05) is 26.2 Å². The fourth-order valence-electron chi connectivity index (χ4n) is 2.77. The van der Waals surface area contributed by atoms with E-state index in [1.807, 2.05) is 0 Å². The third-order valence-electron chi connectivity index (χ3n) is 4.18. The van der Waals surface area contributed by atoms with Crippen LogP contribution in [0.4, 0.5) is 4.79 Å². The minimum atomic E-state index is -1.01. The summed E-state index contributed by atoms with van der Waals surface area (Å²) < 4.78 is 4.90. The summed E-state index contributed by atoms with van der Waals surface area (Å²) in [6, 6.07) is -1.26. The molecule has 1 fully saturated rings. The van der Waals surface area contributed by atoms with Crippen LogP contribution in [-0.2, 0) is 9.53 Å². The Labute approximate surface area is 126 Å². The molecule has 21 heavy (non-hydrogen) atoms. The van der Waals surface area contributed by atoms with Gasteiger partial charge in [0.15, 0.2) is 0 Å². The number of rotatable bonds is 8. The van der Waals surface area contributed by atoms with Crippen molar-refractivity contribution in [3.05, 3.63) is 0 Å². The average Bonchev–Trinajstić information content (AvgIpc) is 2.45. The number of nitrogens with one attached hydrogen (secondary N) is 2. The molecule has 0 aromatic carbocycles. The lowest BCUT2D eigenvalue weighted by molar-refractivity contribution is -0.139. The van der Waals surface area contributed by atoms with Crippen LogP contribution in [0.25, 0.3) is 0 Å². The van der Waals surface area contributed by atoms with Gasteiger partial charge in [-0.3, -0.25) is 0 Å². The molecule has 6 nitrogen and oxygen atoms in total. The van der Waals surface area contributed by atoms with E-state index in [2.05, 4.69) is 17.6 Å². The Kier molecular flexibility index (Phi) is 7.50. The van der Waals surface area contributed by atoms with Gasteiger partial charge < -0.3 is 20.5 Å². The van der Waals surface area contributed by atoms with Crippen molar-refractivity contribution < 1.29 is 19.4 Å². The SMILES string of the molecule is COCCCC(NC(=O)NCC1(C)CCCCC1)C(=O)O. The number of methoxy groups -OCH3 is 1. The van der Waals surface area contributed by atoms with Crippen molar-refractivity contribution in [1.82, 2.24) is 10.6 Å². The van der Waals surface area contributed by atoms with Crippen LogP contribution in [0.5, 0.6) is 0 Å². The first-order chi connectivity index (χ1) is 9.97. The van der Waals surface area contributed by atoms with Gasteiger partial charge in [0.25, 0.3) is 0 Å². The molecule has 3 N–H and O–H groups in total. The molecule has 1 rings (SSSR count). The number of carboxylic acid groups (broad SMARTS) is 1. The molecule has 1 aliphatic rings. The summed E-state index contributed by atoms with van der Waals surface area (Å²) in [6.45, 7) is 3.27. The summed E-state index contributed by atoms with van der Waals surface area (Å²) in [7, 11) is 1.57. The second-order valence-corrected chi connectivity index (χ2v) is 6.22. The van der Waals surface area contributed by atoms with Crippen LogP contribution >= 0.6 is 0 Å². The minimum Gasteiger partial charge on any atom is -0.480 e. The molecule has 1 aliphatic carbocycles. The van der Waals surface area contributed by atoms with Crippen LogP contribution < -0.4 is 10.6 Å². The highest BCUT2D eigenvalue weighted by atomic mass is 16.5. The van der Waals surface area contributed by atoms with E-state index in [1.165, 1.54) is 19.3 Å². The van der Waals surface area contributed by atoms with Crippen molar-refractivity contribution >= 4 is 12.0 Å². The van der Waals surface area contributed by atoms with E-state index < -0.39 is 18.0 Å². The summed E-state index contributed by atoms with van der Waals surface area (Å²) in [5, 5.41) is 14.5. The maximum atomic E-state index is 11.9. The summed E-state index contributed by atoms with van der Waals surface area (Å²) in [6.07, 6.45) is 6.87. The number of urea groups is 1. The predicted molar refractivity (Wildman–Crippen MR) is 80.3 cm³/mol. The summed E-state index contributed by atoms with van der Waals surface area (Å²) >= 11 is 0. The maximum Gasteiger partial charge on any atom is 0.326 e. The van der Waals surface area contributed by atoms with Gasteiger partial charge in [-0.2, -0.15) is 0 Å². The number of hydrogen-bond acceptors (Lipinski definition) is 3. The average molecular weight is 300 g/mol. The largest absolute Gasteiger partial charge is 0.480 e. The van der Waals surface area contributed by atoms with Crippen LogP contribution in [0, 0.1) is 5.41 Å². The highest BCUT2D eigenvalue weighted by molar-refractivity contribution is 5.82. The van der Waals surface area contributed by atoms with Gasteiger partial charge in [-0.15, -0.1) is 0 Å². The molecule has 6 heteroatoms. The molecule has 1 saturated carbocycles. The van der Waals surface area contributed by atoms with E-state index in [0.29, 0.717) is 26.0 Å². The van der Waals surface area contributed by atoms with E-state index in [0.717, 1.165) is 12.8 Å². The lowest BCUT2D eigenvalue weighted by Gasteiger charge is -2.33. The maximum absolute atomic E-state index is 11.9. The molecule has 0 aliphatic heterocycles. The predicted octanol–water partition coefficient (Wildman–Crippen LogP) is 2.14. The Morgan fingerprint density at radius 1 is 1.29 bits per heavy atom. The fraction of sp³-hybridized carbons (Fsp3) is 0.867. The first-order valence-corrected chi connectivity index (χ1v) is 7.73. The van der Waals surface area contributed by atoms with Gasteiger partial charge in [0, 0.05) is 20.3 Å². The van der Waals surface area contributed by atoms with Crippen LogP contribution in [0.1, 0.15) is 51.9 Å². The smallest absolute Gasteiger partial charge is 0.326 e. The number of amides is 2. The lowest BCUT2D eigenvalue weighted by atomic mass is 9.76. The molecule has 0 bridgehead atoms. The van der Waals surface area contributed by atoms with Gasteiger partial charge >= 0.3 is 12.0 Å². The minimum absolute atomic E-state index is 0.143. The monoisotopic (exact) mass is 300 g/mol. The molecular weight excluding hydrogens is 272 g/mol. The number of hydrogen-bond donors (Lipinski definition) is 3. The molecule has 0 aromatic heterocycles. The summed E-state index contributed by atoms with van der Waals surface area (Å²) in [4.78, 5) is 23.0. The Balaban J connectivity index is 2.33. The molecule has 0 radical (unpaired) electrons. The van der Waals surface area contributed by atoms with E-state index in [-0.39, 0.29) is 5.41 Å². The molecule has 0 heterocycles. The van der Waals surface area contributed by atoms with Gasteiger partial charge in [0.1, 0.15) is 6.04 Å². The third kappa shape index (κ3) is 6.80. The topological polar surface area (TPSA) is 87.7 Å². The van der Waals surface area contributed by atoms with Crippen LogP contribution in [0.15, 0.2) is 0 Å². The summed E-state index contributed by atoms with van der Waals surface area (Å²) in [5.41, 5.74) is 0.143. The van der Waals surface area contributed by atoms with E-state index in [9.17, 15) is 9.59 Å². The molecule has 0 saturated heterocycles. The van der Waals surface area contributed by atoms with E-state index in [4.69, 9.17) is 9.84 Å². The zero-order valence-electron chi connectivity index (χ0n) is 13.1. The highest BCUT2D eigenvalue weighted by Gasteiger charge is 2.27. The first-order valence-electron chi connectivity index (χ1n) is 7.73. The molecular formula is C15H28N2O4. The van der Waals surface area contributed by atoms with Gasteiger partial charge in [-0.05, 0) is 31.1 Å². The molecule has 0 spiro atoms. The first kappa shape index (κ1) is 17.8. The van der Waals surface area contributed by atoms with Crippen LogP contribution in [0.2, 0.25) is 0 Å². The Morgan fingerprint density at radius 2 is 1.95 bits per heavy atom. The molecule has 0 aromatic rings. The van der Waals surface area contributed by atoms with E-state index >= 15 is 0 Å². The van der Waals surface area contributed by atoms with Gasteiger partial charge in [0.2, 0.25) is 0 Å². The fourth-order valence-corrected chi connectivity index (χ4v) is 2.77. The van der Waals surface area contributed by atoms with Crippen LogP contribution in [0.3, 0.4) is 0 Å². The Morgan fingerprint density at radius 3 is 2.52 bits per heavy atom. The molecule has 2 amide bonds. The Bertz CT molecular complexity index is 341. The molecule has 122 valence electrons. The van der Waals surface area contributed by atoms with Crippen molar-refractivity contribution in [3.63, 3.8) is 0 Å². The number of carbonyl (C=O) groups is 2. The standard InChI is InChI=1S/C15H28N2O4/c1-15(8-4-3-5-9-15)11-16-14(20)17-12(13(18)19)7-6-10-21-2/h12H,3-11H2,1-2H3,(H,18,19)(H2,16,17,20). The van der Waals surface area contributed by atoms with Crippen LogP contribution in [-0.4, -0.2) is 43.4 Å². The number of aliphatic carboxylic acids is 1. The normalized spacial score (nSPS) is 18.8. The zero-order valence-corrected chi connectivity index (χ0v) is 13.1. The third-order valence-corrected chi connectivity index (χ3v) is 4.18. The quantitative estimate of drug-likeness (QED) is 0.599. The van der Waals surface area contributed by atoms with Crippen molar-refractivity contribution in [2.45, 2.75) is 57.9 Å². The second kappa shape index (κ2) is 8.87. The number of carboxylic acids is 1. The molecule has 1 atom stereocenters. The second-order valence-electron chi connectivity index (χ2n) is 6.22. The van der Waals surface area contributed by atoms with Gasteiger partial charge in [-0.25, -0.2) is 9.59 Å². The van der Waals surface area contributed by atoms with Crippen molar-refractivity contribution in [3.8, 4) is 0 Å². The van der Waals surface area contributed by atoms with Crippen molar-refractivity contribution in [2.75, 3.05) is 20.3 Å². The summed E-state index contributed by atoms with van der Waals surface area (Å²) in [5.74, 6) is -1.01. The van der Waals surface area contributed by atoms with E-state index in [1.54, 1.807) is 7.11 Å². The number of carbonyl (C=O) groups excluding carboxylic acids is 1. The molecule has 1 unspecified atom stereocenters.